The summed E-state index contributed by atoms with van der Waals surface area (Å²) in [5.74, 6) is -1.54. The number of aromatic carboxylic acids is 1. The summed E-state index contributed by atoms with van der Waals surface area (Å²) in [6, 6.07) is 2.92. The number of aromatic nitrogens is 1. The van der Waals surface area contributed by atoms with Gasteiger partial charge in [0.15, 0.2) is 0 Å². The molecule has 0 radical (unpaired) electrons. The molecular weight excluding hydrogens is 288 g/mol. The van der Waals surface area contributed by atoms with Gasteiger partial charge in [0.05, 0.1) is 5.56 Å². The van der Waals surface area contributed by atoms with Gasteiger partial charge < -0.3 is 10.4 Å². The fraction of sp³-hybridized carbons (Fsp3) is 0.533. The second-order valence-corrected chi connectivity index (χ2v) is 6.61. The number of carbonyl (C=O) groups excluding carboxylic acids is 1. The minimum Gasteiger partial charge on any atom is -0.478 e. The summed E-state index contributed by atoms with van der Waals surface area (Å²) in [5.41, 5.74) is -0.0751. The number of carboxylic acid groups (broad SMARTS) is 1. The highest BCUT2D eigenvalue weighted by atomic mass is 32.2. The van der Waals surface area contributed by atoms with E-state index >= 15 is 0 Å². The van der Waals surface area contributed by atoms with Crippen LogP contribution in [0.5, 0.6) is 0 Å². The van der Waals surface area contributed by atoms with Gasteiger partial charge in [-0.2, -0.15) is 11.8 Å². The molecule has 1 heterocycles. The average Bonchev–Trinajstić information content (AvgIpc) is 2.53. The molecule has 1 aliphatic rings. The lowest BCUT2D eigenvalue weighted by Crippen LogP contribution is -2.42. The zero-order valence-electron chi connectivity index (χ0n) is 12.1. The molecule has 0 unspecified atom stereocenters. The Morgan fingerprint density at radius 2 is 2.10 bits per heavy atom. The summed E-state index contributed by atoms with van der Waals surface area (Å²) in [4.78, 5) is 27.3. The van der Waals surface area contributed by atoms with Crippen molar-refractivity contribution in [2.75, 3.05) is 12.8 Å². The fourth-order valence-electron chi connectivity index (χ4n) is 2.73. The Morgan fingerprint density at radius 1 is 1.38 bits per heavy atom. The zero-order chi connectivity index (χ0) is 15.3. The first kappa shape index (κ1) is 15.8. The summed E-state index contributed by atoms with van der Waals surface area (Å²) < 4.78 is 0.0755. The van der Waals surface area contributed by atoms with Crippen LogP contribution in [-0.2, 0) is 0 Å². The van der Waals surface area contributed by atoms with Crippen LogP contribution in [0.15, 0.2) is 18.3 Å². The number of carboxylic acids is 1. The number of thioether (sulfide) groups is 1. The maximum atomic E-state index is 12.2. The van der Waals surface area contributed by atoms with Crippen LogP contribution in [0, 0.1) is 0 Å². The molecule has 0 atom stereocenters. The molecule has 1 aromatic heterocycles. The molecule has 1 aliphatic carbocycles. The Bertz CT molecular complexity index is 527. The highest BCUT2D eigenvalue weighted by Gasteiger charge is 2.32. The van der Waals surface area contributed by atoms with Gasteiger partial charge in [-0.15, -0.1) is 0 Å². The molecule has 0 bridgehead atoms. The number of hydrogen-bond donors (Lipinski definition) is 2. The smallest absolute Gasteiger partial charge is 0.338 e. The Labute approximate surface area is 128 Å². The van der Waals surface area contributed by atoms with Gasteiger partial charge in [0, 0.05) is 17.5 Å². The molecule has 2 rings (SSSR count). The summed E-state index contributed by atoms with van der Waals surface area (Å²) in [6.07, 6.45) is 9.29. The Morgan fingerprint density at radius 3 is 2.71 bits per heavy atom. The van der Waals surface area contributed by atoms with Gasteiger partial charge in [0.1, 0.15) is 5.69 Å². The van der Waals surface area contributed by atoms with E-state index in [1.807, 2.05) is 0 Å². The lowest BCUT2D eigenvalue weighted by atomic mass is 9.88. The molecule has 0 aliphatic heterocycles. The third-order valence-electron chi connectivity index (χ3n) is 4.02. The molecule has 0 saturated heterocycles. The monoisotopic (exact) mass is 308 g/mol. The van der Waals surface area contributed by atoms with Crippen molar-refractivity contribution in [3.8, 4) is 0 Å². The van der Waals surface area contributed by atoms with E-state index in [0.717, 1.165) is 12.8 Å². The largest absolute Gasteiger partial charge is 0.478 e. The van der Waals surface area contributed by atoms with Crippen molar-refractivity contribution in [1.29, 1.82) is 0 Å². The molecular formula is C15H20N2O3S. The molecule has 0 aromatic carbocycles. The zero-order valence-corrected chi connectivity index (χ0v) is 12.9. The molecule has 1 aromatic rings. The topological polar surface area (TPSA) is 79.3 Å². The van der Waals surface area contributed by atoms with Crippen molar-refractivity contribution in [3.63, 3.8) is 0 Å². The number of nitrogens with zero attached hydrogens (tertiary/aromatic N) is 1. The molecule has 114 valence electrons. The minimum absolute atomic E-state index is 0.0166. The molecule has 1 amide bonds. The van der Waals surface area contributed by atoms with Crippen molar-refractivity contribution in [2.24, 2.45) is 0 Å². The SMILES string of the molecule is CSC1(CNC(=O)c2ncccc2C(=O)O)CCCCC1. The van der Waals surface area contributed by atoms with E-state index in [1.165, 1.54) is 37.6 Å². The van der Waals surface area contributed by atoms with Crippen LogP contribution in [0.4, 0.5) is 0 Å². The van der Waals surface area contributed by atoms with E-state index in [4.69, 9.17) is 5.11 Å². The van der Waals surface area contributed by atoms with Crippen molar-refractivity contribution < 1.29 is 14.7 Å². The van der Waals surface area contributed by atoms with Crippen molar-refractivity contribution in [1.82, 2.24) is 10.3 Å². The predicted octanol–water partition coefficient (Wildman–Crippen LogP) is 2.58. The number of amides is 1. The molecule has 21 heavy (non-hydrogen) atoms. The summed E-state index contributed by atoms with van der Waals surface area (Å²) in [6.45, 7) is 0.558. The number of nitrogens with one attached hydrogen (secondary N) is 1. The highest BCUT2D eigenvalue weighted by Crippen LogP contribution is 2.37. The Balaban J connectivity index is 2.06. The van der Waals surface area contributed by atoms with Crippen molar-refractivity contribution in [2.45, 2.75) is 36.9 Å². The van der Waals surface area contributed by atoms with Crippen LogP contribution in [0.1, 0.15) is 53.0 Å². The van der Waals surface area contributed by atoms with Crippen LogP contribution in [-0.4, -0.2) is 39.5 Å². The van der Waals surface area contributed by atoms with Crippen molar-refractivity contribution in [3.05, 3.63) is 29.6 Å². The third kappa shape index (κ3) is 3.75. The quantitative estimate of drug-likeness (QED) is 0.874. The van der Waals surface area contributed by atoms with Crippen LogP contribution in [0.2, 0.25) is 0 Å². The van der Waals surface area contributed by atoms with Gasteiger partial charge in [-0.25, -0.2) is 4.79 Å². The molecule has 5 nitrogen and oxygen atoms in total. The van der Waals surface area contributed by atoms with E-state index in [9.17, 15) is 9.59 Å². The minimum atomic E-state index is -1.13. The standard InChI is InChI=1S/C15H20N2O3S/c1-21-15(7-3-2-4-8-15)10-17-13(18)12-11(14(19)20)6-5-9-16-12/h5-6,9H,2-4,7-8,10H2,1H3,(H,17,18)(H,19,20). The first-order valence-corrected chi connectivity index (χ1v) is 8.32. The Kier molecular flexibility index (Phi) is 5.22. The van der Waals surface area contributed by atoms with E-state index in [-0.39, 0.29) is 16.0 Å². The van der Waals surface area contributed by atoms with Crippen LogP contribution in [0.3, 0.4) is 0 Å². The predicted molar refractivity (Wildman–Crippen MR) is 82.9 cm³/mol. The lowest BCUT2D eigenvalue weighted by molar-refractivity contribution is 0.0690. The second-order valence-electron chi connectivity index (χ2n) is 5.34. The maximum Gasteiger partial charge on any atom is 0.338 e. The Hall–Kier alpha value is -1.56. The molecule has 0 spiro atoms. The molecule has 1 fully saturated rings. The summed E-state index contributed by atoms with van der Waals surface area (Å²) in [5, 5.41) is 12.0. The fourth-order valence-corrected chi connectivity index (χ4v) is 3.65. The number of rotatable bonds is 5. The molecule has 1 saturated carbocycles. The summed E-state index contributed by atoms with van der Waals surface area (Å²) in [7, 11) is 0. The number of pyridine rings is 1. The van der Waals surface area contributed by atoms with E-state index < -0.39 is 11.9 Å². The van der Waals surface area contributed by atoms with Gasteiger partial charge in [-0.3, -0.25) is 9.78 Å². The average molecular weight is 308 g/mol. The van der Waals surface area contributed by atoms with Crippen LogP contribution in [0.25, 0.3) is 0 Å². The molecule has 6 heteroatoms. The van der Waals surface area contributed by atoms with Gasteiger partial charge in [-0.1, -0.05) is 19.3 Å². The first-order chi connectivity index (χ1) is 10.1. The number of hydrogen-bond acceptors (Lipinski definition) is 4. The number of carbonyl (C=O) groups is 2. The summed E-state index contributed by atoms with van der Waals surface area (Å²) >= 11 is 1.79. The van der Waals surface area contributed by atoms with E-state index in [0.29, 0.717) is 6.54 Å². The highest BCUT2D eigenvalue weighted by molar-refractivity contribution is 8.00. The van der Waals surface area contributed by atoms with E-state index in [2.05, 4.69) is 16.6 Å². The van der Waals surface area contributed by atoms with Gasteiger partial charge >= 0.3 is 5.97 Å². The first-order valence-electron chi connectivity index (χ1n) is 7.10. The van der Waals surface area contributed by atoms with Crippen LogP contribution >= 0.6 is 11.8 Å². The van der Waals surface area contributed by atoms with Gasteiger partial charge in [0.25, 0.3) is 5.91 Å². The van der Waals surface area contributed by atoms with Crippen LogP contribution < -0.4 is 5.32 Å². The van der Waals surface area contributed by atoms with E-state index in [1.54, 1.807) is 11.8 Å². The normalized spacial score (nSPS) is 17.2. The molecule has 2 N–H and O–H groups in total. The van der Waals surface area contributed by atoms with Gasteiger partial charge in [-0.05, 0) is 31.2 Å². The van der Waals surface area contributed by atoms with Gasteiger partial charge in [0.2, 0.25) is 0 Å². The lowest BCUT2D eigenvalue weighted by Gasteiger charge is -2.35. The second kappa shape index (κ2) is 6.93. The maximum absolute atomic E-state index is 12.2. The van der Waals surface area contributed by atoms with Crippen molar-refractivity contribution >= 4 is 23.6 Å². The third-order valence-corrected chi connectivity index (χ3v) is 5.44.